The Morgan fingerprint density at radius 3 is 2.55 bits per heavy atom. The quantitative estimate of drug-likeness (QED) is 0.637. The second kappa shape index (κ2) is 4.42. The van der Waals surface area contributed by atoms with Crippen molar-refractivity contribution >= 4 is 13.8 Å². The van der Waals surface area contributed by atoms with Crippen LogP contribution in [-0.2, 0) is 4.52 Å². The maximum atomic E-state index is 13.0. The van der Waals surface area contributed by atoms with Crippen molar-refractivity contribution < 1.29 is 8.72 Å². The van der Waals surface area contributed by atoms with Gasteiger partial charge in [-0.15, -0.1) is 0 Å². The van der Waals surface area contributed by atoms with Crippen molar-refractivity contribution in [3.63, 3.8) is 0 Å². The van der Waals surface area contributed by atoms with Crippen molar-refractivity contribution in [1.82, 2.24) is 0 Å². The molecule has 0 spiro atoms. The SMILES string of the molecule is CCOP(F)c1ccccc1. The lowest BCUT2D eigenvalue weighted by molar-refractivity contribution is 0.362. The predicted octanol–water partition coefficient (Wildman–Crippen LogP) is 2.63. The van der Waals surface area contributed by atoms with Crippen molar-refractivity contribution in [2.75, 3.05) is 6.61 Å². The summed E-state index contributed by atoms with van der Waals surface area (Å²) < 4.78 is 17.8. The van der Waals surface area contributed by atoms with Crippen LogP contribution in [0.4, 0.5) is 4.20 Å². The van der Waals surface area contributed by atoms with Gasteiger partial charge in [-0.05, 0) is 19.1 Å². The van der Waals surface area contributed by atoms with E-state index in [0.717, 1.165) is 0 Å². The first kappa shape index (κ1) is 8.63. The van der Waals surface area contributed by atoms with Crippen LogP contribution in [0.3, 0.4) is 0 Å². The van der Waals surface area contributed by atoms with Gasteiger partial charge in [-0.2, -0.15) is 4.20 Å². The molecular formula is C8H10FOP. The molecule has 0 saturated carbocycles. The Labute approximate surface area is 67.1 Å². The van der Waals surface area contributed by atoms with Crippen LogP contribution in [-0.4, -0.2) is 6.61 Å². The van der Waals surface area contributed by atoms with E-state index in [2.05, 4.69) is 0 Å². The minimum absolute atomic E-state index is 0.428. The van der Waals surface area contributed by atoms with Crippen LogP contribution >= 0.6 is 8.46 Å². The molecule has 0 N–H and O–H groups in total. The molecule has 0 aliphatic heterocycles. The molecule has 0 amide bonds. The van der Waals surface area contributed by atoms with E-state index in [4.69, 9.17) is 4.52 Å². The van der Waals surface area contributed by atoms with E-state index in [-0.39, 0.29) is 0 Å². The first-order valence-electron chi connectivity index (χ1n) is 3.48. The summed E-state index contributed by atoms with van der Waals surface area (Å²) in [6, 6.07) is 8.95. The van der Waals surface area contributed by atoms with Gasteiger partial charge in [0.05, 0.1) is 6.61 Å². The maximum Gasteiger partial charge on any atom is 0.253 e. The molecule has 0 fully saturated rings. The fourth-order valence-corrected chi connectivity index (χ4v) is 1.52. The average molecular weight is 172 g/mol. The largest absolute Gasteiger partial charge is 0.327 e. The molecule has 1 aromatic rings. The minimum Gasteiger partial charge on any atom is -0.327 e. The molecule has 1 aromatic carbocycles. The lowest BCUT2D eigenvalue weighted by Crippen LogP contribution is -1.98. The van der Waals surface area contributed by atoms with Crippen molar-refractivity contribution in [1.29, 1.82) is 0 Å². The Hall–Kier alpha value is -0.460. The molecular weight excluding hydrogens is 162 g/mol. The Morgan fingerprint density at radius 2 is 2.00 bits per heavy atom. The standard InChI is InChI=1S/C8H10FOP/c1-2-10-11(9)8-6-4-3-5-7-8/h3-7H,2H2,1H3. The van der Waals surface area contributed by atoms with E-state index >= 15 is 0 Å². The van der Waals surface area contributed by atoms with E-state index in [0.29, 0.717) is 11.9 Å². The summed E-state index contributed by atoms with van der Waals surface area (Å²) in [5.74, 6) is 0. The monoisotopic (exact) mass is 172 g/mol. The smallest absolute Gasteiger partial charge is 0.253 e. The van der Waals surface area contributed by atoms with Gasteiger partial charge in [0.2, 0.25) is 0 Å². The van der Waals surface area contributed by atoms with Gasteiger partial charge in [0.15, 0.2) is 0 Å². The van der Waals surface area contributed by atoms with Crippen LogP contribution in [0.2, 0.25) is 0 Å². The van der Waals surface area contributed by atoms with Crippen LogP contribution in [0.25, 0.3) is 0 Å². The van der Waals surface area contributed by atoms with Gasteiger partial charge in [0.1, 0.15) is 0 Å². The third-order valence-corrected chi connectivity index (χ3v) is 2.39. The van der Waals surface area contributed by atoms with Crippen LogP contribution < -0.4 is 5.30 Å². The van der Waals surface area contributed by atoms with E-state index in [1.807, 2.05) is 18.2 Å². The Morgan fingerprint density at radius 1 is 1.36 bits per heavy atom. The zero-order valence-electron chi connectivity index (χ0n) is 6.33. The van der Waals surface area contributed by atoms with E-state index in [1.54, 1.807) is 19.1 Å². The Kier molecular flexibility index (Phi) is 3.47. The molecule has 1 atom stereocenters. The van der Waals surface area contributed by atoms with Crippen LogP contribution in [0, 0.1) is 0 Å². The van der Waals surface area contributed by atoms with Gasteiger partial charge in [-0.1, -0.05) is 18.2 Å². The highest BCUT2D eigenvalue weighted by atomic mass is 31.2. The summed E-state index contributed by atoms with van der Waals surface area (Å²) in [6.45, 7) is 2.22. The second-order valence-corrected chi connectivity index (χ2v) is 3.26. The normalized spacial score (nSPS) is 12.9. The third-order valence-electron chi connectivity index (χ3n) is 1.20. The molecule has 0 radical (unpaired) electrons. The zero-order valence-corrected chi connectivity index (χ0v) is 7.22. The molecule has 1 unspecified atom stereocenters. The molecule has 1 nitrogen and oxygen atoms in total. The van der Waals surface area contributed by atoms with Crippen LogP contribution in [0.15, 0.2) is 30.3 Å². The van der Waals surface area contributed by atoms with Gasteiger partial charge in [-0.25, -0.2) is 0 Å². The maximum absolute atomic E-state index is 13.0. The number of hydrogen-bond acceptors (Lipinski definition) is 1. The van der Waals surface area contributed by atoms with Crippen molar-refractivity contribution in [3.8, 4) is 0 Å². The fourth-order valence-electron chi connectivity index (χ4n) is 0.733. The Bertz CT molecular complexity index is 203. The molecule has 0 aliphatic carbocycles. The summed E-state index contributed by atoms with van der Waals surface area (Å²) in [5.41, 5.74) is 0. The first-order chi connectivity index (χ1) is 5.34. The number of benzene rings is 1. The highest BCUT2D eigenvalue weighted by molar-refractivity contribution is 7.55. The molecule has 3 heteroatoms. The van der Waals surface area contributed by atoms with Gasteiger partial charge >= 0.3 is 0 Å². The molecule has 0 aromatic heterocycles. The summed E-state index contributed by atoms with van der Waals surface area (Å²) >= 11 is 0. The molecule has 0 saturated heterocycles. The van der Waals surface area contributed by atoms with Gasteiger partial charge in [-0.3, -0.25) is 0 Å². The third kappa shape index (κ3) is 2.57. The van der Waals surface area contributed by atoms with Crippen molar-refractivity contribution in [2.24, 2.45) is 0 Å². The number of hydrogen-bond donors (Lipinski definition) is 0. The van der Waals surface area contributed by atoms with Gasteiger partial charge in [0.25, 0.3) is 8.46 Å². The van der Waals surface area contributed by atoms with E-state index in [1.165, 1.54) is 0 Å². The summed E-state index contributed by atoms with van der Waals surface area (Å²) in [5, 5.41) is 0.643. The fraction of sp³-hybridized carbons (Fsp3) is 0.250. The lowest BCUT2D eigenvalue weighted by Gasteiger charge is -2.04. The highest BCUT2D eigenvalue weighted by Gasteiger charge is 2.08. The van der Waals surface area contributed by atoms with Crippen molar-refractivity contribution in [2.45, 2.75) is 6.92 Å². The molecule has 60 valence electrons. The van der Waals surface area contributed by atoms with Crippen molar-refractivity contribution in [3.05, 3.63) is 30.3 Å². The molecule has 0 bridgehead atoms. The van der Waals surface area contributed by atoms with E-state index < -0.39 is 8.46 Å². The topological polar surface area (TPSA) is 9.23 Å². The Balaban J connectivity index is 2.61. The summed E-state index contributed by atoms with van der Waals surface area (Å²) in [6.07, 6.45) is 0. The average Bonchev–Trinajstić information content (AvgIpc) is 2.07. The first-order valence-corrected chi connectivity index (χ1v) is 4.63. The molecule has 1 rings (SSSR count). The minimum atomic E-state index is -1.88. The second-order valence-electron chi connectivity index (χ2n) is 2.00. The highest BCUT2D eigenvalue weighted by Crippen LogP contribution is 2.36. The van der Waals surface area contributed by atoms with Crippen LogP contribution in [0.5, 0.6) is 0 Å². The molecule has 0 aliphatic rings. The van der Waals surface area contributed by atoms with Crippen LogP contribution in [0.1, 0.15) is 6.92 Å². The lowest BCUT2D eigenvalue weighted by atomic mass is 10.4. The zero-order chi connectivity index (χ0) is 8.10. The van der Waals surface area contributed by atoms with Gasteiger partial charge in [0, 0.05) is 5.30 Å². The summed E-state index contributed by atoms with van der Waals surface area (Å²) in [7, 11) is -1.88. The summed E-state index contributed by atoms with van der Waals surface area (Å²) in [4.78, 5) is 0. The van der Waals surface area contributed by atoms with E-state index in [9.17, 15) is 4.20 Å². The molecule has 11 heavy (non-hydrogen) atoms. The van der Waals surface area contributed by atoms with Gasteiger partial charge < -0.3 is 4.52 Å². The predicted molar refractivity (Wildman–Crippen MR) is 45.7 cm³/mol. The molecule has 0 heterocycles. The number of rotatable bonds is 3. The number of halogens is 1.